The molecule has 0 spiro atoms. The zero-order valence-corrected chi connectivity index (χ0v) is 17.1. The van der Waals surface area contributed by atoms with Gasteiger partial charge in [-0.2, -0.15) is 0 Å². The Bertz CT molecular complexity index is 1150. The fraction of sp³-hybridized carbons (Fsp3) is 0.300. The van der Waals surface area contributed by atoms with E-state index in [9.17, 15) is 14.4 Å². The molecule has 7 nitrogen and oxygen atoms in total. The van der Waals surface area contributed by atoms with E-state index < -0.39 is 12.0 Å². The molecular formula is C20H21N3O4S. The number of amides is 1. The van der Waals surface area contributed by atoms with Gasteiger partial charge in [0, 0.05) is 5.69 Å². The third-order valence-corrected chi connectivity index (χ3v) is 6.09. The summed E-state index contributed by atoms with van der Waals surface area (Å²) in [7, 11) is 1.29. The fourth-order valence-electron chi connectivity index (χ4n) is 2.95. The molecule has 1 amide bonds. The highest BCUT2D eigenvalue weighted by Crippen LogP contribution is 2.28. The third-order valence-electron chi connectivity index (χ3n) is 4.91. The van der Waals surface area contributed by atoms with E-state index in [1.54, 1.807) is 13.8 Å². The molecule has 0 saturated heterocycles. The normalized spacial score (nSPS) is 12.0. The molecule has 1 atom stereocenters. The Hall–Kier alpha value is -3.00. The predicted molar refractivity (Wildman–Crippen MR) is 109 cm³/mol. The summed E-state index contributed by atoms with van der Waals surface area (Å²) in [6.45, 7) is 7.21. The Labute approximate surface area is 166 Å². The van der Waals surface area contributed by atoms with Crippen LogP contribution in [-0.2, 0) is 9.53 Å². The molecule has 3 aromatic rings. The van der Waals surface area contributed by atoms with Crippen LogP contribution in [0.15, 0.2) is 29.3 Å². The summed E-state index contributed by atoms with van der Waals surface area (Å²) >= 11 is 1.11. The van der Waals surface area contributed by atoms with Gasteiger partial charge in [-0.15, -0.1) is 11.3 Å². The second-order valence-electron chi connectivity index (χ2n) is 6.60. The molecule has 0 aliphatic carbocycles. The molecule has 0 aliphatic heterocycles. The molecule has 0 bridgehead atoms. The Morgan fingerprint density at radius 3 is 2.61 bits per heavy atom. The van der Waals surface area contributed by atoms with Crippen LogP contribution in [0.5, 0.6) is 0 Å². The van der Waals surface area contributed by atoms with Crippen molar-refractivity contribution in [2.75, 3.05) is 12.4 Å². The number of hydrogen-bond acceptors (Lipinski definition) is 6. The van der Waals surface area contributed by atoms with Gasteiger partial charge in [-0.3, -0.25) is 14.2 Å². The van der Waals surface area contributed by atoms with E-state index in [1.807, 2.05) is 32.0 Å². The molecule has 1 N–H and O–H groups in total. The molecule has 0 unspecified atom stereocenters. The van der Waals surface area contributed by atoms with E-state index in [-0.39, 0.29) is 11.5 Å². The summed E-state index contributed by atoms with van der Waals surface area (Å²) in [5.74, 6) is -0.829. The zero-order valence-electron chi connectivity index (χ0n) is 16.3. The van der Waals surface area contributed by atoms with Crippen LogP contribution in [0, 0.1) is 20.8 Å². The smallest absolute Gasteiger partial charge is 0.348 e. The van der Waals surface area contributed by atoms with Gasteiger partial charge < -0.3 is 10.1 Å². The number of methoxy groups -OCH3 is 1. The Balaban J connectivity index is 1.98. The average Bonchev–Trinajstić information content (AvgIpc) is 3.02. The van der Waals surface area contributed by atoms with Gasteiger partial charge in [-0.1, -0.05) is 12.1 Å². The number of rotatable bonds is 4. The highest BCUT2D eigenvalue weighted by Gasteiger charge is 2.23. The molecule has 3 rings (SSSR count). The van der Waals surface area contributed by atoms with Crippen molar-refractivity contribution in [3.63, 3.8) is 0 Å². The zero-order chi connectivity index (χ0) is 20.6. The molecule has 2 aromatic heterocycles. The van der Waals surface area contributed by atoms with Crippen LogP contribution in [-0.4, -0.2) is 28.5 Å². The third kappa shape index (κ3) is 3.31. The minimum absolute atomic E-state index is 0.321. The van der Waals surface area contributed by atoms with Gasteiger partial charge in [0.25, 0.3) is 5.56 Å². The molecule has 8 heteroatoms. The molecule has 2 heterocycles. The first kappa shape index (κ1) is 19.8. The second kappa shape index (κ2) is 7.55. The first-order valence-electron chi connectivity index (χ1n) is 8.71. The number of nitrogens with zero attached hydrogens (tertiary/aromatic N) is 2. The van der Waals surface area contributed by atoms with Crippen molar-refractivity contribution in [3.05, 3.63) is 56.4 Å². The Morgan fingerprint density at radius 2 is 1.93 bits per heavy atom. The number of aryl methyl sites for hydroxylation is 2. The van der Waals surface area contributed by atoms with E-state index in [0.29, 0.717) is 26.3 Å². The quantitative estimate of drug-likeness (QED) is 0.680. The lowest BCUT2D eigenvalue weighted by atomic mass is 10.1. The van der Waals surface area contributed by atoms with Crippen LogP contribution in [0.1, 0.15) is 39.3 Å². The lowest BCUT2D eigenvalue weighted by molar-refractivity contribution is -0.118. The molecular weight excluding hydrogens is 378 g/mol. The van der Waals surface area contributed by atoms with E-state index in [1.165, 1.54) is 18.0 Å². The van der Waals surface area contributed by atoms with Crippen molar-refractivity contribution in [2.45, 2.75) is 33.7 Å². The highest BCUT2D eigenvalue weighted by atomic mass is 32.1. The number of thiophene rings is 1. The Kier molecular flexibility index (Phi) is 5.33. The van der Waals surface area contributed by atoms with Gasteiger partial charge in [-0.25, -0.2) is 9.78 Å². The van der Waals surface area contributed by atoms with Crippen molar-refractivity contribution in [2.24, 2.45) is 0 Å². The second-order valence-corrected chi connectivity index (χ2v) is 7.60. The standard InChI is InChI=1S/C20H21N3O4S/c1-10-7-6-8-14(11(10)2)22-17(24)13(4)23-9-21-18-15(19(23)25)12(3)16(28-18)20(26)27-5/h6-9,13H,1-5H3,(H,22,24)/t13-/m0/s1. The van der Waals surface area contributed by atoms with Crippen molar-refractivity contribution in [1.82, 2.24) is 9.55 Å². The average molecular weight is 399 g/mol. The molecule has 0 radical (unpaired) electrons. The van der Waals surface area contributed by atoms with Gasteiger partial charge in [0.15, 0.2) is 0 Å². The molecule has 0 fully saturated rings. The van der Waals surface area contributed by atoms with Crippen LogP contribution in [0.3, 0.4) is 0 Å². The predicted octanol–water partition coefficient (Wildman–Crippen LogP) is 3.37. The number of carbonyl (C=O) groups excluding carboxylic acids is 2. The van der Waals surface area contributed by atoms with Crippen molar-refractivity contribution < 1.29 is 14.3 Å². The van der Waals surface area contributed by atoms with Gasteiger partial charge in [0.1, 0.15) is 15.7 Å². The van der Waals surface area contributed by atoms with Gasteiger partial charge in [-0.05, 0) is 50.5 Å². The van der Waals surface area contributed by atoms with E-state index in [2.05, 4.69) is 10.3 Å². The first-order valence-corrected chi connectivity index (χ1v) is 9.53. The number of benzene rings is 1. The number of hydrogen-bond donors (Lipinski definition) is 1. The number of ether oxygens (including phenoxy) is 1. The minimum Gasteiger partial charge on any atom is -0.465 e. The van der Waals surface area contributed by atoms with Crippen molar-refractivity contribution >= 4 is 39.1 Å². The van der Waals surface area contributed by atoms with Crippen LogP contribution in [0.2, 0.25) is 0 Å². The monoisotopic (exact) mass is 399 g/mol. The summed E-state index contributed by atoms with van der Waals surface area (Å²) in [6, 6.07) is 4.88. The first-order chi connectivity index (χ1) is 13.3. The number of nitrogens with one attached hydrogen (secondary N) is 1. The highest BCUT2D eigenvalue weighted by molar-refractivity contribution is 7.20. The summed E-state index contributed by atoms with van der Waals surface area (Å²) in [5, 5.41) is 3.21. The molecule has 28 heavy (non-hydrogen) atoms. The van der Waals surface area contributed by atoms with Crippen molar-refractivity contribution in [3.8, 4) is 0 Å². The fourth-order valence-corrected chi connectivity index (χ4v) is 4.01. The van der Waals surface area contributed by atoms with Crippen LogP contribution >= 0.6 is 11.3 Å². The Morgan fingerprint density at radius 1 is 1.21 bits per heavy atom. The van der Waals surface area contributed by atoms with Crippen molar-refractivity contribution in [1.29, 1.82) is 0 Å². The van der Waals surface area contributed by atoms with Crippen LogP contribution in [0.25, 0.3) is 10.2 Å². The summed E-state index contributed by atoms with van der Waals surface area (Å²) < 4.78 is 6.04. The molecule has 146 valence electrons. The number of fused-ring (bicyclic) bond motifs is 1. The molecule has 0 aliphatic rings. The van der Waals surface area contributed by atoms with Gasteiger partial charge >= 0.3 is 5.97 Å². The molecule has 0 saturated carbocycles. The number of carbonyl (C=O) groups is 2. The number of esters is 1. The summed E-state index contributed by atoms with van der Waals surface area (Å²) in [4.78, 5) is 42.7. The number of aromatic nitrogens is 2. The van der Waals surface area contributed by atoms with Crippen LogP contribution in [0.4, 0.5) is 5.69 Å². The van der Waals surface area contributed by atoms with Crippen LogP contribution < -0.4 is 10.9 Å². The minimum atomic E-state index is -0.773. The van der Waals surface area contributed by atoms with E-state index >= 15 is 0 Å². The lowest BCUT2D eigenvalue weighted by Crippen LogP contribution is -2.32. The summed E-state index contributed by atoms with van der Waals surface area (Å²) in [5.41, 5.74) is 2.90. The maximum atomic E-state index is 13.0. The maximum absolute atomic E-state index is 13.0. The summed E-state index contributed by atoms with van der Waals surface area (Å²) in [6.07, 6.45) is 1.34. The number of anilines is 1. The molecule has 1 aromatic carbocycles. The SMILES string of the molecule is COC(=O)c1sc2ncn([C@@H](C)C(=O)Nc3cccc(C)c3C)c(=O)c2c1C. The van der Waals surface area contributed by atoms with E-state index in [4.69, 9.17) is 4.74 Å². The largest absolute Gasteiger partial charge is 0.465 e. The van der Waals surface area contributed by atoms with Gasteiger partial charge in [0.05, 0.1) is 18.8 Å². The van der Waals surface area contributed by atoms with E-state index in [0.717, 1.165) is 22.5 Å². The maximum Gasteiger partial charge on any atom is 0.348 e. The van der Waals surface area contributed by atoms with Gasteiger partial charge in [0.2, 0.25) is 5.91 Å². The lowest BCUT2D eigenvalue weighted by Gasteiger charge is -2.16. The topological polar surface area (TPSA) is 90.3 Å².